The van der Waals surface area contributed by atoms with Gasteiger partial charge >= 0.3 is 6.18 Å². The van der Waals surface area contributed by atoms with Gasteiger partial charge in [-0.2, -0.15) is 17.5 Å². The van der Waals surface area contributed by atoms with E-state index >= 15 is 0 Å². The lowest BCUT2D eigenvalue weighted by molar-refractivity contribution is -0.137. The number of carbonyl (C=O) groups is 1. The molecular formula is C16H20ClF3N2O3S. The quantitative estimate of drug-likeness (QED) is 0.823. The second-order valence-electron chi connectivity index (χ2n) is 6.43. The number of piperidine rings is 1. The van der Waals surface area contributed by atoms with Crippen LogP contribution in [0.1, 0.15) is 38.7 Å². The topological polar surface area (TPSA) is 66.5 Å². The molecule has 1 aliphatic rings. The number of rotatable bonds is 4. The van der Waals surface area contributed by atoms with E-state index in [0.717, 1.165) is 10.4 Å². The zero-order valence-corrected chi connectivity index (χ0v) is 15.9. The van der Waals surface area contributed by atoms with Crippen LogP contribution in [-0.4, -0.2) is 37.3 Å². The highest BCUT2D eigenvalue weighted by molar-refractivity contribution is 7.89. The van der Waals surface area contributed by atoms with Gasteiger partial charge in [-0.25, -0.2) is 8.42 Å². The first kappa shape index (κ1) is 21.0. The van der Waals surface area contributed by atoms with Crippen molar-refractivity contribution in [3.63, 3.8) is 0 Å². The van der Waals surface area contributed by atoms with Gasteiger partial charge in [-0.3, -0.25) is 4.79 Å². The molecule has 1 aromatic carbocycles. The van der Waals surface area contributed by atoms with Gasteiger partial charge in [-0.05, 0) is 44.9 Å². The molecule has 1 aromatic rings. The Morgan fingerprint density at radius 3 is 2.50 bits per heavy atom. The molecule has 1 fully saturated rings. The van der Waals surface area contributed by atoms with Crippen molar-refractivity contribution in [2.75, 3.05) is 6.54 Å². The smallest absolute Gasteiger partial charge is 0.353 e. The number of nitrogens with one attached hydrogen (secondary N) is 1. The summed E-state index contributed by atoms with van der Waals surface area (Å²) in [5.41, 5.74) is -1.03. The summed E-state index contributed by atoms with van der Waals surface area (Å²) in [5, 5.41) is 2.16. The lowest BCUT2D eigenvalue weighted by atomic mass is 10.0. The van der Waals surface area contributed by atoms with Crippen molar-refractivity contribution in [2.24, 2.45) is 0 Å². The number of alkyl halides is 3. The molecule has 0 aliphatic carbocycles. The van der Waals surface area contributed by atoms with Gasteiger partial charge < -0.3 is 5.32 Å². The number of halogens is 4. The Balaban J connectivity index is 2.39. The van der Waals surface area contributed by atoms with Crippen LogP contribution in [0.4, 0.5) is 13.2 Å². The minimum atomic E-state index is -4.63. The number of amides is 1. The second kappa shape index (κ2) is 7.74. The molecule has 1 N–H and O–H groups in total. The maximum atomic E-state index is 12.9. The fraction of sp³-hybridized carbons (Fsp3) is 0.562. The summed E-state index contributed by atoms with van der Waals surface area (Å²) in [6, 6.07) is 1.03. The summed E-state index contributed by atoms with van der Waals surface area (Å²) in [7, 11) is -4.21. The number of hydrogen-bond donors (Lipinski definition) is 1. The summed E-state index contributed by atoms with van der Waals surface area (Å²) >= 11 is 5.84. The largest absolute Gasteiger partial charge is 0.416 e. The van der Waals surface area contributed by atoms with Gasteiger partial charge in [-0.15, -0.1) is 0 Å². The van der Waals surface area contributed by atoms with Gasteiger partial charge in [0.05, 0.1) is 10.6 Å². The molecule has 0 aromatic heterocycles. The highest BCUT2D eigenvalue weighted by Crippen LogP contribution is 2.35. The first-order chi connectivity index (χ1) is 11.9. The fourth-order valence-corrected chi connectivity index (χ4v) is 5.02. The number of nitrogens with zero attached hydrogens (tertiary/aromatic N) is 1. The highest BCUT2D eigenvalue weighted by Gasteiger charge is 2.39. The SMILES string of the molecule is CC(C)NC(=O)C1CCCCN1S(=O)(=O)c1ccc(C(F)(F)F)cc1Cl. The molecule has 1 heterocycles. The number of carbonyl (C=O) groups excluding carboxylic acids is 1. The molecule has 0 bridgehead atoms. The number of benzene rings is 1. The van der Waals surface area contributed by atoms with E-state index in [4.69, 9.17) is 11.6 Å². The van der Waals surface area contributed by atoms with E-state index in [2.05, 4.69) is 5.32 Å². The Morgan fingerprint density at radius 1 is 1.31 bits per heavy atom. The van der Waals surface area contributed by atoms with Crippen molar-refractivity contribution in [3.05, 3.63) is 28.8 Å². The Kier molecular flexibility index (Phi) is 6.24. The van der Waals surface area contributed by atoms with Crippen LogP contribution >= 0.6 is 11.6 Å². The van der Waals surface area contributed by atoms with Gasteiger partial charge in [0, 0.05) is 12.6 Å². The van der Waals surface area contributed by atoms with Gasteiger partial charge in [0.25, 0.3) is 0 Å². The third-order valence-corrected chi connectivity index (χ3v) is 6.42. The molecule has 0 radical (unpaired) electrons. The summed E-state index contributed by atoms with van der Waals surface area (Å²) in [5.74, 6) is -0.425. The predicted octanol–water partition coefficient (Wildman–Crippen LogP) is 3.43. The average molecular weight is 413 g/mol. The van der Waals surface area contributed by atoms with Gasteiger partial charge in [0.15, 0.2) is 0 Å². The maximum Gasteiger partial charge on any atom is 0.416 e. The number of hydrogen-bond acceptors (Lipinski definition) is 3. The molecule has 1 aliphatic heterocycles. The van der Waals surface area contributed by atoms with Gasteiger partial charge in [-0.1, -0.05) is 18.0 Å². The van der Waals surface area contributed by atoms with E-state index in [9.17, 15) is 26.4 Å². The van der Waals surface area contributed by atoms with Crippen molar-refractivity contribution in [3.8, 4) is 0 Å². The molecule has 1 atom stereocenters. The predicted molar refractivity (Wildman–Crippen MR) is 91.3 cm³/mol. The van der Waals surface area contributed by atoms with E-state index in [0.29, 0.717) is 31.4 Å². The zero-order chi connectivity index (χ0) is 19.7. The first-order valence-corrected chi connectivity index (χ1v) is 9.95. The van der Waals surface area contributed by atoms with Crippen molar-refractivity contribution in [1.29, 1.82) is 0 Å². The third kappa shape index (κ3) is 4.50. The molecule has 0 saturated carbocycles. The van der Waals surface area contributed by atoms with Crippen LogP contribution in [0.25, 0.3) is 0 Å². The van der Waals surface area contributed by atoms with Crippen LogP contribution in [0.15, 0.2) is 23.1 Å². The van der Waals surface area contributed by atoms with Gasteiger partial charge in [0.2, 0.25) is 15.9 Å². The summed E-state index contributed by atoms with van der Waals surface area (Å²) in [4.78, 5) is 11.9. The van der Waals surface area contributed by atoms with Crippen LogP contribution in [0.5, 0.6) is 0 Å². The van der Waals surface area contributed by atoms with Crippen LogP contribution in [0.3, 0.4) is 0 Å². The van der Waals surface area contributed by atoms with E-state index in [1.165, 1.54) is 0 Å². The zero-order valence-electron chi connectivity index (χ0n) is 14.3. The van der Waals surface area contributed by atoms with E-state index < -0.39 is 43.6 Å². The molecule has 1 unspecified atom stereocenters. The molecule has 26 heavy (non-hydrogen) atoms. The van der Waals surface area contributed by atoms with E-state index in [1.807, 2.05) is 0 Å². The van der Waals surface area contributed by atoms with Crippen LogP contribution in [0.2, 0.25) is 5.02 Å². The number of sulfonamides is 1. The molecule has 0 spiro atoms. The minimum Gasteiger partial charge on any atom is -0.353 e. The summed E-state index contributed by atoms with van der Waals surface area (Å²) < 4.78 is 65.2. The molecule has 5 nitrogen and oxygen atoms in total. The van der Waals surface area contributed by atoms with E-state index in [-0.39, 0.29) is 12.6 Å². The van der Waals surface area contributed by atoms with E-state index in [1.54, 1.807) is 13.8 Å². The molecular weight excluding hydrogens is 393 g/mol. The lowest BCUT2D eigenvalue weighted by Gasteiger charge is -2.34. The Bertz CT molecular complexity index is 781. The minimum absolute atomic E-state index is 0.107. The average Bonchev–Trinajstić information content (AvgIpc) is 2.53. The summed E-state index contributed by atoms with van der Waals surface area (Å²) in [6.07, 6.45) is -3.04. The fourth-order valence-electron chi connectivity index (χ4n) is 2.85. The maximum absolute atomic E-state index is 12.9. The van der Waals surface area contributed by atoms with Gasteiger partial charge in [0.1, 0.15) is 10.9 Å². The monoisotopic (exact) mass is 412 g/mol. The van der Waals surface area contributed by atoms with Crippen molar-refractivity contribution >= 4 is 27.5 Å². The van der Waals surface area contributed by atoms with Crippen molar-refractivity contribution < 1.29 is 26.4 Å². The Hall–Kier alpha value is -1.32. The normalized spacial score (nSPS) is 19.6. The second-order valence-corrected chi connectivity index (χ2v) is 8.70. The third-order valence-electron chi connectivity index (χ3n) is 4.03. The molecule has 10 heteroatoms. The summed E-state index contributed by atoms with van der Waals surface area (Å²) in [6.45, 7) is 3.62. The molecule has 1 amide bonds. The molecule has 146 valence electrons. The van der Waals surface area contributed by atoms with Crippen LogP contribution in [-0.2, 0) is 21.0 Å². The standard InChI is InChI=1S/C16H20ClF3N2O3S/c1-10(2)21-15(23)13-5-3-4-8-22(13)26(24,25)14-7-6-11(9-12(14)17)16(18,19)20/h6-7,9-10,13H,3-5,8H2,1-2H3,(H,21,23). The molecule has 2 rings (SSSR count). The molecule has 1 saturated heterocycles. The van der Waals surface area contributed by atoms with Crippen molar-refractivity contribution in [1.82, 2.24) is 9.62 Å². The Morgan fingerprint density at radius 2 is 1.96 bits per heavy atom. The van der Waals surface area contributed by atoms with Crippen LogP contribution in [0, 0.1) is 0 Å². The van der Waals surface area contributed by atoms with Crippen molar-refractivity contribution in [2.45, 2.75) is 56.3 Å². The first-order valence-electron chi connectivity index (χ1n) is 8.13. The lowest BCUT2D eigenvalue weighted by Crippen LogP contribution is -2.52. The highest BCUT2D eigenvalue weighted by atomic mass is 35.5. The Labute approximate surface area is 155 Å². The van der Waals surface area contributed by atoms with Crippen LogP contribution < -0.4 is 5.32 Å².